The predicted octanol–water partition coefficient (Wildman–Crippen LogP) is 8.24. The van der Waals surface area contributed by atoms with E-state index in [9.17, 15) is 28.8 Å². The number of nitrogens with two attached hydrogens (primary N) is 1. The molecule has 96 heavy (non-hydrogen) atoms. The zero-order valence-corrected chi connectivity index (χ0v) is 57.7. The average Bonchev–Trinajstić information content (AvgIpc) is 1.61. The van der Waals surface area contributed by atoms with Crippen LogP contribution >= 0.6 is 12.4 Å². The first kappa shape index (κ1) is 71.1. The molecule has 4 fully saturated rings. The molecule has 2 aromatic carbocycles. The number of pyridine rings is 2. The predicted molar refractivity (Wildman–Crippen MR) is 373 cm³/mol. The fourth-order valence-corrected chi connectivity index (χ4v) is 11.7. The molecule has 12 rings (SSSR count). The van der Waals surface area contributed by atoms with E-state index in [1.54, 1.807) is 56.0 Å². The van der Waals surface area contributed by atoms with Gasteiger partial charge in [0.05, 0.1) is 51.6 Å². The highest BCUT2D eigenvalue weighted by atomic mass is 35.5. The van der Waals surface area contributed by atoms with Crippen LogP contribution in [-0.2, 0) is 46.2 Å². The molecule has 26 heteroatoms. The average molecular weight is 1340 g/mol. The van der Waals surface area contributed by atoms with Crippen molar-refractivity contribution in [3.05, 3.63) is 121 Å². The molecule has 4 atom stereocenters. The Morgan fingerprint density at radius 1 is 0.594 bits per heavy atom. The van der Waals surface area contributed by atoms with Crippen LogP contribution in [0.15, 0.2) is 109 Å². The minimum absolute atomic E-state index is 0. The first-order valence-electron chi connectivity index (χ1n) is 32.4. The van der Waals surface area contributed by atoms with Gasteiger partial charge in [-0.1, -0.05) is 12.2 Å². The molecule has 512 valence electrons. The summed E-state index contributed by atoms with van der Waals surface area (Å²) in [5.74, 6) is 1.24. The van der Waals surface area contributed by atoms with E-state index >= 15 is 0 Å². The second-order valence-electron chi connectivity index (χ2n) is 27.8. The first-order valence-corrected chi connectivity index (χ1v) is 32.4. The van der Waals surface area contributed by atoms with Crippen LogP contribution in [0.5, 0.6) is 0 Å². The highest BCUT2D eigenvalue weighted by Crippen LogP contribution is 2.38. The van der Waals surface area contributed by atoms with E-state index < -0.39 is 41.4 Å². The Hall–Kier alpha value is -9.17. The van der Waals surface area contributed by atoms with Gasteiger partial charge in [-0.15, -0.1) is 12.4 Å². The standard InChI is InChI=1S/C35H44N8O4.C29H35N7O3.C6H11NO2.ClH/c1-35(2,3)47-34(46)42-20-26(37-30(44)10-8-16-40(4)5)27(21-42)39-33(45)24-13-14-28-25(17-24)38-32(41(28)6)29-18-23-9-7-15-36-31(23)43(29)19-22-11-12-22;1-29(2,3)39-28(38)35-15-20(30)22(16-35)33-27(37)19-9-10-23-21(12-19)32-26(34(23)4)24-13-18-6-5-11-31-25(18)36(24)14-17-7-8-17;1-7(2)5-3-4-6(8)9;/h7-10,13-15,17-18,22,26-27H,11-12,16,19-21H2,1-6H3,(H,37,44)(H,39,45);5-6,9-13,17,20,22H,7-8,14-16,30H2,1-4H3,(H,33,37);3-4H,5H2,1-2H3,(H,8,9);1H/b10-8+;;4-3+;/t26-,27-;20-,22-;;/m00../s1. The van der Waals surface area contributed by atoms with Gasteiger partial charge in [-0.3, -0.25) is 14.4 Å². The van der Waals surface area contributed by atoms with Gasteiger partial charge in [0.15, 0.2) is 11.6 Å². The van der Waals surface area contributed by atoms with Crippen LogP contribution in [0.25, 0.3) is 67.2 Å². The summed E-state index contributed by atoms with van der Waals surface area (Å²) in [6, 6.07) is 21.6. The van der Waals surface area contributed by atoms with Crippen molar-refractivity contribution in [2.45, 2.75) is 116 Å². The van der Waals surface area contributed by atoms with Gasteiger partial charge in [-0.2, -0.15) is 0 Å². The van der Waals surface area contributed by atoms with Gasteiger partial charge < -0.3 is 74.1 Å². The number of imidazole rings is 2. The summed E-state index contributed by atoms with van der Waals surface area (Å²) in [4.78, 5) is 101. The smallest absolute Gasteiger partial charge is 0.410 e. The summed E-state index contributed by atoms with van der Waals surface area (Å²) < 4.78 is 19.7. The molecule has 5 amide bonds. The van der Waals surface area contributed by atoms with E-state index in [2.05, 4.69) is 68.5 Å². The zero-order valence-electron chi connectivity index (χ0n) is 56.9. The largest absolute Gasteiger partial charge is 0.478 e. The number of fused-ring (bicyclic) bond motifs is 4. The van der Waals surface area contributed by atoms with Crippen molar-refractivity contribution < 1.29 is 43.3 Å². The number of aromatic nitrogens is 8. The summed E-state index contributed by atoms with van der Waals surface area (Å²) in [5, 5.41) is 19.3. The molecule has 0 radical (unpaired) electrons. The molecule has 0 bridgehead atoms. The van der Waals surface area contributed by atoms with Gasteiger partial charge in [0, 0.05) is 119 Å². The number of hydrogen-bond acceptors (Lipinski definition) is 15. The molecular formula is C70H91ClN16O9. The monoisotopic (exact) mass is 1330 g/mol. The third-order valence-electron chi connectivity index (χ3n) is 16.8. The number of carboxylic acid groups (broad SMARTS) is 1. The Labute approximate surface area is 565 Å². The maximum absolute atomic E-state index is 13.7. The van der Waals surface area contributed by atoms with E-state index in [1.807, 2.05) is 116 Å². The van der Waals surface area contributed by atoms with Crippen molar-refractivity contribution in [3.8, 4) is 23.0 Å². The van der Waals surface area contributed by atoms with Crippen LogP contribution in [0.1, 0.15) is 87.9 Å². The summed E-state index contributed by atoms with van der Waals surface area (Å²) in [7, 11) is 11.6. The highest BCUT2D eigenvalue weighted by Gasteiger charge is 2.40. The quantitative estimate of drug-likeness (QED) is 0.0536. The summed E-state index contributed by atoms with van der Waals surface area (Å²) in [6.07, 6.45) is 13.6. The van der Waals surface area contributed by atoms with E-state index in [0.717, 1.165) is 80.8 Å². The molecule has 0 unspecified atom stereocenters. The number of amides is 5. The van der Waals surface area contributed by atoms with Crippen molar-refractivity contribution in [1.29, 1.82) is 0 Å². The minimum atomic E-state index is -0.892. The lowest BCUT2D eigenvalue weighted by Gasteiger charge is -2.24. The van der Waals surface area contributed by atoms with Gasteiger partial charge in [-0.05, 0) is 180 Å². The third kappa shape index (κ3) is 17.8. The maximum Gasteiger partial charge on any atom is 0.410 e. The number of ether oxygens (including phenoxy) is 2. The second kappa shape index (κ2) is 29.9. The Morgan fingerprint density at radius 3 is 1.44 bits per heavy atom. The van der Waals surface area contributed by atoms with Gasteiger partial charge in [0.1, 0.15) is 22.5 Å². The Kier molecular flexibility index (Phi) is 22.1. The number of carbonyl (C=O) groups excluding carboxylic acids is 5. The van der Waals surface area contributed by atoms with E-state index in [0.29, 0.717) is 54.7 Å². The van der Waals surface area contributed by atoms with Crippen LogP contribution in [-0.4, -0.2) is 202 Å². The first-order chi connectivity index (χ1) is 45.1. The van der Waals surface area contributed by atoms with Crippen LogP contribution in [0.3, 0.4) is 0 Å². The number of benzene rings is 2. The van der Waals surface area contributed by atoms with Gasteiger partial charge >= 0.3 is 18.2 Å². The van der Waals surface area contributed by atoms with Gasteiger partial charge in [0.25, 0.3) is 11.8 Å². The molecule has 6 aromatic heterocycles. The number of likely N-dealkylation sites (N-methyl/N-ethyl adjacent to an activating group) is 2. The summed E-state index contributed by atoms with van der Waals surface area (Å²) in [5.41, 5.74) is 13.2. The minimum Gasteiger partial charge on any atom is -0.478 e. The Balaban J connectivity index is 0.000000200. The topological polar surface area (TPSA) is 287 Å². The molecule has 4 aliphatic rings. The van der Waals surface area contributed by atoms with Crippen LogP contribution < -0.4 is 21.7 Å². The molecule has 2 aliphatic carbocycles. The van der Waals surface area contributed by atoms with Gasteiger partial charge in [-0.25, -0.2) is 34.3 Å². The summed E-state index contributed by atoms with van der Waals surface area (Å²) in [6.45, 7) is 15.0. The molecule has 2 saturated carbocycles. The Bertz CT molecular complexity index is 4220. The Morgan fingerprint density at radius 2 is 1.01 bits per heavy atom. The fourth-order valence-electron chi connectivity index (χ4n) is 11.7. The zero-order chi connectivity index (χ0) is 68.2. The number of aryl methyl sites for hydroxylation is 2. The number of hydrogen-bond donors (Lipinski definition) is 5. The number of aliphatic carboxylic acids is 1. The number of likely N-dealkylation sites (tertiary alicyclic amines) is 2. The lowest BCUT2D eigenvalue weighted by molar-refractivity contribution is -0.131. The number of carboxylic acids is 1. The van der Waals surface area contributed by atoms with E-state index in [4.69, 9.17) is 30.3 Å². The summed E-state index contributed by atoms with van der Waals surface area (Å²) >= 11 is 0. The lowest BCUT2D eigenvalue weighted by Crippen LogP contribution is -2.50. The molecule has 25 nitrogen and oxygen atoms in total. The van der Waals surface area contributed by atoms with Crippen LogP contribution in [0, 0.1) is 11.8 Å². The van der Waals surface area contributed by atoms with Crippen molar-refractivity contribution >= 4 is 92.4 Å². The molecule has 6 N–H and O–H groups in total. The maximum atomic E-state index is 13.7. The molecule has 8 heterocycles. The molecule has 2 aliphatic heterocycles. The second-order valence-corrected chi connectivity index (χ2v) is 27.8. The van der Waals surface area contributed by atoms with Crippen LogP contribution in [0.4, 0.5) is 9.59 Å². The van der Waals surface area contributed by atoms with Crippen molar-refractivity contribution in [3.63, 3.8) is 0 Å². The van der Waals surface area contributed by atoms with Crippen molar-refractivity contribution in [1.82, 2.24) is 73.8 Å². The third-order valence-corrected chi connectivity index (χ3v) is 16.8. The number of halogens is 1. The fraction of sp³-hybridized carbons (Fsp3) is 0.457. The number of carbonyl (C=O) groups is 6. The molecular weight excluding hydrogens is 1240 g/mol. The van der Waals surface area contributed by atoms with Gasteiger partial charge in [0.2, 0.25) is 5.91 Å². The lowest BCUT2D eigenvalue weighted by atomic mass is 10.1. The van der Waals surface area contributed by atoms with E-state index in [-0.39, 0.29) is 55.3 Å². The SMILES string of the molecule is CN(C)C/C=C/C(=O)N[C@H]1CN(C(=O)OC(C)(C)C)C[C@@H]1NC(=O)c1ccc2c(c1)nc(-c1cc3cccnc3n1CC1CC1)n2C.CN(C)C/C=C/C(=O)O.Cl.Cn1c(-c2cc3cccnc3n2CC2CC2)nc2cc(C(=O)N[C@H]3CN(C(=O)OC(C)(C)C)C[C@@H]3N)ccc21. The number of rotatable bonds is 17. The van der Waals surface area contributed by atoms with E-state index in [1.165, 1.54) is 36.7 Å². The molecule has 8 aromatic rings. The molecule has 0 spiro atoms. The number of nitrogens with one attached hydrogen (secondary N) is 3. The molecule has 2 saturated heterocycles. The van der Waals surface area contributed by atoms with Crippen molar-refractivity contribution in [2.75, 3.05) is 67.5 Å². The number of nitrogens with zero attached hydrogens (tertiary/aromatic N) is 12. The van der Waals surface area contributed by atoms with Crippen LogP contribution in [0.2, 0.25) is 0 Å². The normalized spacial score (nSPS) is 18.1. The van der Waals surface area contributed by atoms with Crippen molar-refractivity contribution in [2.24, 2.45) is 31.7 Å². The highest BCUT2D eigenvalue weighted by molar-refractivity contribution is 6.00.